The lowest BCUT2D eigenvalue weighted by atomic mass is 9.96. The first-order valence-corrected chi connectivity index (χ1v) is 11.5. The van der Waals surface area contributed by atoms with E-state index in [4.69, 9.17) is 0 Å². The zero-order valence-corrected chi connectivity index (χ0v) is 18.3. The van der Waals surface area contributed by atoms with Gasteiger partial charge < -0.3 is 10.2 Å². The third kappa shape index (κ3) is 4.37. The molecule has 11 heteroatoms. The highest BCUT2D eigenvalue weighted by molar-refractivity contribution is 7.89. The van der Waals surface area contributed by atoms with Crippen molar-refractivity contribution < 1.29 is 13.2 Å². The Morgan fingerprint density at radius 2 is 1.90 bits per heavy atom. The maximum Gasteiger partial charge on any atom is 0.242 e. The highest BCUT2D eigenvalue weighted by atomic mass is 32.2. The molecule has 0 bridgehead atoms. The average Bonchev–Trinajstić information content (AvgIpc) is 3.25. The van der Waals surface area contributed by atoms with Crippen LogP contribution in [-0.2, 0) is 21.4 Å². The van der Waals surface area contributed by atoms with E-state index >= 15 is 0 Å². The molecule has 1 saturated heterocycles. The molecule has 3 heterocycles. The van der Waals surface area contributed by atoms with Crippen LogP contribution in [-0.4, -0.2) is 65.6 Å². The van der Waals surface area contributed by atoms with Crippen molar-refractivity contribution in [2.45, 2.75) is 24.3 Å². The van der Waals surface area contributed by atoms with Crippen molar-refractivity contribution in [3.8, 4) is 0 Å². The number of benzene rings is 1. The van der Waals surface area contributed by atoms with Gasteiger partial charge >= 0.3 is 0 Å². The molecule has 1 aromatic carbocycles. The number of anilines is 1. The highest BCUT2D eigenvalue weighted by Crippen LogP contribution is 2.23. The molecule has 0 unspecified atom stereocenters. The minimum Gasteiger partial charge on any atom is -0.355 e. The van der Waals surface area contributed by atoms with Gasteiger partial charge in [0.05, 0.1) is 4.90 Å². The number of aromatic nitrogens is 4. The fraction of sp³-hybridized carbons (Fsp3) is 0.400. The van der Waals surface area contributed by atoms with Crippen molar-refractivity contribution in [2.24, 2.45) is 5.92 Å². The summed E-state index contributed by atoms with van der Waals surface area (Å²) in [5.74, 6) is 0.653. The van der Waals surface area contributed by atoms with Crippen LogP contribution in [0, 0.1) is 5.92 Å². The Balaban J connectivity index is 1.36. The van der Waals surface area contributed by atoms with E-state index in [2.05, 4.69) is 25.5 Å². The second-order valence-electron chi connectivity index (χ2n) is 7.70. The first kappa shape index (κ1) is 21.2. The SMILES string of the molecule is CN(C)S(=O)(=O)c1ccccc1CNC(=O)C1CCN(c2ccc3nncn3n2)CC1. The van der Waals surface area contributed by atoms with E-state index in [1.807, 2.05) is 12.1 Å². The van der Waals surface area contributed by atoms with Crippen molar-refractivity contribution >= 4 is 27.4 Å². The molecule has 1 aliphatic rings. The van der Waals surface area contributed by atoms with Gasteiger partial charge in [0.1, 0.15) is 12.1 Å². The molecule has 1 amide bonds. The van der Waals surface area contributed by atoms with Gasteiger partial charge in [-0.15, -0.1) is 15.3 Å². The number of carbonyl (C=O) groups is 1. The van der Waals surface area contributed by atoms with E-state index < -0.39 is 10.0 Å². The van der Waals surface area contributed by atoms with Crippen molar-refractivity contribution in [1.29, 1.82) is 0 Å². The van der Waals surface area contributed by atoms with Crippen LogP contribution in [0.3, 0.4) is 0 Å². The quantitative estimate of drug-likeness (QED) is 0.602. The van der Waals surface area contributed by atoms with Gasteiger partial charge in [-0.25, -0.2) is 12.7 Å². The molecule has 0 atom stereocenters. The van der Waals surface area contributed by atoms with Gasteiger partial charge in [-0.2, -0.15) is 4.52 Å². The standard InChI is InChI=1S/C20H25N7O3S/c1-25(2)31(29,30)17-6-4-3-5-16(17)13-21-20(28)15-9-11-26(12-10-15)19-8-7-18-23-22-14-27(18)24-19/h3-8,14-15H,9-13H2,1-2H3,(H,21,28). The lowest BCUT2D eigenvalue weighted by molar-refractivity contribution is -0.125. The van der Waals surface area contributed by atoms with Gasteiger partial charge in [-0.3, -0.25) is 4.79 Å². The normalized spacial score (nSPS) is 15.5. The predicted octanol–water partition coefficient (Wildman–Crippen LogP) is 0.907. The van der Waals surface area contributed by atoms with Crippen LogP contribution in [0.15, 0.2) is 47.6 Å². The zero-order chi connectivity index (χ0) is 22.0. The van der Waals surface area contributed by atoms with Crippen LogP contribution < -0.4 is 10.2 Å². The van der Waals surface area contributed by atoms with Crippen LogP contribution in [0.5, 0.6) is 0 Å². The number of nitrogens with zero attached hydrogens (tertiary/aromatic N) is 6. The monoisotopic (exact) mass is 443 g/mol. The van der Waals surface area contributed by atoms with Crippen LogP contribution in [0.4, 0.5) is 5.82 Å². The van der Waals surface area contributed by atoms with Crippen LogP contribution in [0.25, 0.3) is 5.65 Å². The minimum atomic E-state index is -3.57. The molecular weight excluding hydrogens is 418 g/mol. The van der Waals surface area contributed by atoms with E-state index in [1.165, 1.54) is 18.4 Å². The second-order valence-corrected chi connectivity index (χ2v) is 9.82. The van der Waals surface area contributed by atoms with E-state index in [0.29, 0.717) is 37.1 Å². The maximum absolute atomic E-state index is 12.7. The molecular formula is C20H25N7O3S. The highest BCUT2D eigenvalue weighted by Gasteiger charge is 2.26. The molecule has 4 rings (SSSR count). The minimum absolute atomic E-state index is 0.0566. The van der Waals surface area contributed by atoms with Gasteiger partial charge in [-0.1, -0.05) is 18.2 Å². The Morgan fingerprint density at radius 3 is 2.65 bits per heavy atom. The van der Waals surface area contributed by atoms with E-state index in [-0.39, 0.29) is 23.3 Å². The molecule has 2 aromatic heterocycles. The van der Waals surface area contributed by atoms with Crippen molar-refractivity contribution in [3.63, 3.8) is 0 Å². The number of hydrogen-bond acceptors (Lipinski definition) is 7. The summed E-state index contributed by atoms with van der Waals surface area (Å²) >= 11 is 0. The number of amides is 1. The summed E-state index contributed by atoms with van der Waals surface area (Å²) in [6, 6.07) is 10.5. The van der Waals surface area contributed by atoms with Gasteiger partial charge in [0.15, 0.2) is 5.65 Å². The summed E-state index contributed by atoms with van der Waals surface area (Å²) in [5.41, 5.74) is 1.27. The fourth-order valence-electron chi connectivity index (χ4n) is 3.68. The summed E-state index contributed by atoms with van der Waals surface area (Å²) in [5, 5.41) is 15.2. The summed E-state index contributed by atoms with van der Waals surface area (Å²) in [4.78, 5) is 15.1. The number of carbonyl (C=O) groups excluding carboxylic acids is 1. The van der Waals surface area contributed by atoms with Crippen molar-refractivity contribution in [1.82, 2.24) is 29.4 Å². The molecule has 1 aliphatic heterocycles. The third-order valence-electron chi connectivity index (χ3n) is 5.52. The van der Waals surface area contributed by atoms with E-state index in [9.17, 15) is 13.2 Å². The predicted molar refractivity (Wildman–Crippen MR) is 115 cm³/mol. The molecule has 31 heavy (non-hydrogen) atoms. The first-order chi connectivity index (χ1) is 14.9. The number of rotatable bonds is 6. The summed E-state index contributed by atoms with van der Waals surface area (Å²) < 4.78 is 27.9. The van der Waals surface area contributed by atoms with Crippen LogP contribution in [0.1, 0.15) is 18.4 Å². The number of sulfonamides is 1. The Kier molecular flexibility index (Phi) is 5.88. The molecule has 0 radical (unpaired) electrons. The van der Waals surface area contributed by atoms with Gasteiger partial charge in [0.25, 0.3) is 0 Å². The average molecular weight is 444 g/mol. The Hall–Kier alpha value is -3.05. The summed E-state index contributed by atoms with van der Waals surface area (Å²) in [6.45, 7) is 1.60. The largest absolute Gasteiger partial charge is 0.355 e. The lowest BCUT2D eigenvalue weighted by Gasteiger charge is -2.32. The number of nitrogens with one attached hydrogen (secondary N) is 1. The molecule has 0 spiro atoms. The van der Waals surface area contributed by atoms with E-state index in [1.54, 1.807) is 35.1 Å². The van der Waals surface area contributed by atoms with Crippen LogP contribution >= 0.6 is 0 Å². The van der Waals surface area contributed by atoms with Gasteiger partial charge in [0, 0.05) is 39.6 Å². The number of fused-ring (bicyclic) bond motifs is 1. The smallest absolute Gasteiger partial charge is 0.242 e. The van der Waals surface area contributed by atoms with E-state index in [0.717, 1.165) is 5.82 Å². The van der Waals surface area contributed by atoms with Crippen LogP contribution in [0.2, 0.25) is 0 Å². The molecule has 164 valence electrons. The topological polar surface area (TPSA) is 113 Å². The summed E-state index contributed by atoms with van der Waals surface area (Å²) in [6.07, 6.45) is 2.96. The Morgan fingerprint density at radius 1 is 1.16 bits per heavy atom. The van der Waals surface area contributed by atoms with Gasteiger partial charge in [-0.05, 0) is 36.6 Å². The zero-order valence-electron chi connectivity index (χ0n) is 17.5. The lowest BCUT2D eigenvalue weighted by Crippen LogP contribution is -2.41. The fourth-order valence-corrected chi connectivity index (χ4v) is 4.80. The molecule has 0 saturated carbocycles. The molecule has 10 nitrogen and oxygen atoms in total. The number of hydrogen-bond donors (Lipinski definition) is 1. The Bertz CT molecular complexity index is 1180. The Labute approximate surface area is 180 Å². The maximum atomic E-state index is 12.7. The molecule has 3 aromatic rings. The second kappa shape index (κ2) is 8.60. The first-order valence-electron chi connectivity index (χ1n) is 10.1. The van der Waals surface area contributed by atoms with Crippen molar-refractivity contribution in [2.75, 3.05) is 32.1 Å². The molecule has 1 N–H and O–H groups in total. The summed E-state index contributed by atoms with van der Waals surface area (Å²) in [7, 11) is -0.583. The van der Waals surface area contributed by atoms with Crippen molar-refractivity contribution in [3.05, 3.63) is 48.3 Å². The van der Waals surface area contributed by atoms with Gasteiger partial charge in [0.2, 0.25) is 15.9 Å². The molecule has 1 fully saturated rings. The third-order valence-corrected chi connectivity index (χ3v) is 7.44. The molecule has 0 aliphatic carbocycles. The number of piperidine rings is 1.